The molecule has 3 aromatic heterocycles. The summed E-state index contributed by atoms with van der Waals surface area (Å²) in [7, 11) is 1.98. The van der Waals surface area contributed by atoms with Crippen LogP contribution in [0.1, 0.15) is 29.8 Å². The number of anilines is 1. The molecule has 9 heteroatoms. The van der Waals surface area contributed by atoms with Crippen molar-refractivity contribution in [2.24, 2.45) is 5.73 Å². The molecule has 2 N–H and O–H groups in total. The average Bonchev–Trinajstić information content (AvgIpc) is 3.10. The molecule has 0 saturated heterocycles. The first-order chi connectivity index (χ1) is 13.5. The number of nitrogens with two attached hydrogens (primary N) is 1. The van der Waals surface area contributed by atoms with Gasteiger partial charge in [-0.2, -0.15) is 0 Å². The lowest BCUT2D eigenvalue weighted by Crippen LogP contribution is -2.50. The number of hydrogen-bond acceptors (Lipinski definition) is 7. The van der Waals surface area contributed by atoms with Gasteiger partial charge < -0.3 is 10.6 Å². The van der Waals surface area contributed by atoms with Gasteiger partial charge in [-0.25, -0.2) is 15.0 Å². The van der Waals surface area contributed by atoms with Gasteiger partial charge in [0.1, 0.15) is 5.01 Å². The van der Waals surface area contributed by atoms with E-state index >= 15 is 0 Å². The molecule has 0 aliphatic heterocycles. The summed E-state index contributed by atoms with van der Waals surface area (Å²) >= 11 is 7.84. The van der Waals surface area contributed by atoms with Crippen molar-refractivity contribution in [3.63, 3.8) is 0 Å². The highest BCUT2D eigenvalue weighted by molar-refractivity contribution is 7.15. The van der Waals surface area contributed by atoms with Crippen molar-refractivity contribution in [3.8, 4) is 10.6 Å². The highest BCUT2D eigenvalue weighted by atomic mass is 35.5. The van der Waals surface area contributed by atoms with Crippen molar-refractivity contribution in [1.82, 2.24) is 19.9 Å². The van der Waals surface area contributed by atoms with E-state index in [0.29, 0.717) is 11.0 Å². The zero-order chi connectivity index (χ0) is 19.7. The summed E-state index contributed by atoms with van der Waals surface area (Å²) in [6, 6.07) is 3.71. The van der Waals surface area contributed by atoms with Crippen molar-refractivity contribution in [3.05, 3.63) is 52.5 Å². The third-order valence-electron chi connectivity index (χ3n) is 5.11. The number of rotatable bonds is 6. The van der Waals surface area contributed by atoms with E-state index in [1.165, 1.54) is 11.3 Å². The maximum atomic E-state index is 11.1. The molecular weight excluding hydrogens is 396 g/mol. The number of thiazole rings is 1. The van der Waals surface area contributed by atoms with Gasteiger partial charge in [-0.05, 0) is 31.4 Å². The van der Waals surface area contributed by atoms with Crippen LogP contribution in [0.2, 0.25) is 5.02 Å². The van der Waals surface area contributed by atoms with Crippen LogP contribution in [0.4, 0.5) is 5.95 Å². The fourth-order valence-corrected chi connectivity index (χ4v) is 4.66. The van der Waals surface area contributed by atoms with Crippen molar-refractivity contribution in [1.29, 1.82) is 0 Å². The standard InChI is InChI=1S/C19H19ClN6OS/c1-26(19(5-3-6-19)16-14(20)4-2-7-22-16)18-24-9-12(10-25-18)17-23-11-13(28-17)8-15(21)27/h2,4,7,9-11H,3,5-6,8H2,1H3,(H2,21,27). The van der Waals surface area contributed by atoms with Gasteiger partial charge in [0.25, 0.3) is 0 Å². The van der Waals surface area contributed by atoms with E-state index < -0.39 is 0 Å². The van der Waals surface area contributed by atoms with E-state index in [1.807, 2.05) is 19.2 Å². The molecule has 7 nitrogen and oxygen atoms in total. The summed E-state index contributed by atoms with van der Waals surface area (Å²) in [5.41, 5.74) is 6.63. The van der Waals surface area contributed by atoms with Crippen LogP contribution in [0.5, 0.6) is 0 Å². The van der Waals surface area contributed by atoms with E-state index in [1.54, 1.807) is 24.8 Å². The maximum Gasteiger partial charge on any atom is 0.225 e. The molecule has 3 aromatic rings. The van der Waals surface area contributed by atoms with Crippen molar-refractivity contribution in [2.45, 2.75) is 31.2 Å². The molecule has 1 aliphatic rings. The summed E-state index contributed by atoms with van der Waals surface area (Å²) in [6.07, 6.45) is 10.1. The molecule has 1 saturated carbocycles. The third kappa shape index (κ3) is 3.33. The minimum atomic E-state index is -0.373. The normalized spacial score (nSPS) is 15.1. The smallest absolute Gasteiger partial charge is 0.225 e. The van der Waals surface area contributed by atoms with Gasteiger partial charge in [0.2, 0.25) is 11.9 Å². The molecule has 0 bridgehead atoms. The second-order valence-electron chi connectivity index (χ2n) is 6.82. The molecular formula is C19H19ClN6OS. The molecule has 1 fully saturated rings. The summed E-state index contributed by atoms with van der Waals surface area (Å²) in [5, 5.41) is 1.42. The van der Waals surface area contributed by atoms with Crippen LogP contribution >= 0.6 is 22.9 Å². The number of primary amides is 1. The van der Waals surface area contributed by atoms with Crippen molar-refractivity contribution >= 4 is 34.8 Å². The number of hydrogen-bond donors (Lipinski definition) is 1. The molecule has 1 aliphatic carbocycles. The predicted octanol–water partition coefficient (Wildman–Crippen LogP) is 3.19. The molecule has 0 atom stereocenters. The molecule has 3 heterocycles. The summed E-state index contributed by atoms with van der Waals surface area (Å²) in [4.78, 5) is 31.9. The highest BCUT2D eigenvalue weighted by Crippen LogP contribution is 2.48. The number of halogens is 1. The number of carbonyl (C=O) groups excluding carboxylic acids is 1. The number of pyridine rings is 1. The van der Waals surface area contributed by atoms with Crippen LogP contribution < -0.4 is 10.6 Å². The zero-order valence-corrected chi connectivity index (χ0v) is 16.9. The van der Waals surface area contributed by atoms with Crippen LogP contribution in [0.25, 0.3) is 10.6 Å². The molecule has 4 rings (SSSR count). The van der Waals surface area contributed by atoms with E-state index in [2.05, 4.69) is 24.8 Å². The average molecular weight is 415 g/mol. The number of nitrogens with zero attached hydrogens (tertiary/aromatic N) is 5. The Morgan fingerprint density at radius 2 is 2.00 bits per heavy atom. The van der Waals surface area contributed by atoms with Gasteiger partial charge in [0, 0.05) is 42.3 Å². The molecule has 28 heavy (non-hydrogen) atoms. The van der Waals surface area contributed by atoms with Gasteiger partial charge in [-0.3, -0.25) is 9.78 Å². The van der Waals surface area contributed by atoms with Crippen LogP contribution in [0, 0.1) is 0 Å². The van der Waals surface area contributed by atoms with Gasteiger partial charge in [0.15, 0.2) is 0 Å². The quantitative estimate of drug-likeness (QED) is 0.665. The molecule has 0 spiro atoms. The monoisotopic (exact) mass is 414 g/mol. The molecule has 0 aromatic carbocycles. The van der Waals surface area contributed by atoms with E-state index in [9.17, 15) is 4.79 Å². The van der Waals surface area contributed by atoms with E-state index in [0.717, 1.165) is 40.4 Å². The largest absolute Gasteiger partial charge is 0.369 e. The fourth-order valence-electron chi connectivity index (χ4n) is 3.46. The van der Waals surface area contributed by atoms with Crippen LogP contribution in [0.15, 0.2) is 36.9 Å². The Balaban J connectivity index is 1.59. The van der Waals surface area contributed by atoms with Gasteiger partial charge in [-0.15, -0.1) is 11.3 Å². The third-order valence-corrected chi connectivity index (χ3v) is 6.46. The minimum Gasteiger partial charge on any atom is -0.369 e. The molecule has 1 amide bonds. The second kappa shape index (κ2) is 7.44. The SMILES string of the molecule is CN(c1ncc(-c2ncc(CC(N)=O)s2)cn1)C1(c2ncccc2Cl)CCC1. The first kappa shape index (κ1) is 18.8. The Morgan fingerprint density at radius 3 is 2.61 bits per heavy atom. The van der Waals surface area contributed by atoms with Crippen molar-refractivity contribution in [2.75, 3.05) is 11.9 Å². The van der Waals surface area contributed by atoms with E-state index in [-0.39, 0.29) is 17.9 Å². The van der Waals surface area contributed by atoms with Crippen LogP contribution in [-0.4, -0.2) is 32.9 Å². The zero-order valence-electron chi connectivity index (χ0n) is 15.3. The maximum absolute atomic E-state index is 11.1. The lowest BCUT2D eigenvalue weighted by atomic mass is 9.73. The van der Waals surface area contributed by atoms with Crippen LogP contribution in [-0.2, 0) is 16.8 Å². The van der Waals surface area contributed by atoms with Gasteiger partial charge in [0.05, 0.1) is 22.7 Å². The molecule has 0 radical (unpaired) electrons. The van der Waals surface area contributed by atoms with Gasteiger partial charge in [-0.1, -0.05) is 11.6 Å². The summed E-state index contributed by atoms with van der Waals surface area (Å²) in [6.45, 7) is 0. The lowest BCUT2D eigenvalue weighted by Gasteiger charge is -2.48. The summed E-state index contributed by atoms with van der Waals surface area (Å²) < 4.78 is 0. The number of aromatic nitrogens is 4. The molecule has 144 valence electrons. The number of carbonyl (C=O) groups is 1. The van der Waals surface area contributed by atoms with Gasteiger partial charge >= 0.3 is 0 Å². The Kier molecular flexibility index (Phi) is 4.99. The number of amides is 1. The van der Waals surface area contributed by atoms with Crippen LogP contribution in [0.3, 0.4) is 0 Å². The van der Waals surface area contributed by atoms with Crippen molar-refractivity contribution < 1.29 is 4.79 Å². The Bertz CT molecular complexity index is 1000. The Labute approximate surface area is 171 Å². The first-order valence-electron chi connectivity index (χ1n) is 8.90. The fraction of sp³-hybridized carbons (Fsp3) is 0.316. The first-order valence-corrected chi connectivity index (χ1v) is 10.1. The van der Waals surface area contributed by atoms with E-state index in [4.69, 9.17) is 17.3 Å². The minimum absolute atomic E-state index is 0.187. The highest BCUT2D eigenvalue weighted by Gasteiger charge is 2.46. The molecule has 0 unspecified atom stereocenters. The Morgan fingerprint density at radius 1 is 1.25 bits per heavy atom. The Hall–Kier alpha value is -2.58. The second-order valence-corrected chi connectivity index (χ2v) is 8.35. The predicted molar refractivity (Wildman–Crippen MR) is 109 cm³/mol. The topological polar surface area (TPSA) is 97.9 Å². The summed E-state index contributed by atoms with van der Waals surface area (Å²) in [5.74, 6) is 0.237. The lowest BCUT2D eigenvalue weighted by molar-refractivity contribution is -0.117.